The maximum absolute atomic E-state index is 11.3. The van der Waals surface area contributed by atoms with Gasteiger partial charge in [-0.05, 0) is 12.1 Å². The van der Waals surface area contributed by atoms with Crippen LogP contribution >= 0.6 is 0 Å². The summed E-state index contributed by atoms with van der Waals surface area (Å²) in [6.45, 7) is 3.61. The van der Waals surface area contributed by atoms with E-state index in [9.17, 15) is 4.79 Å². The monoisotopic (exact) mass is 282 g/mol. The SMILES string of the molecule is COCCN(CCOC)Cc1ccc(C(=O)OC)cn1. The fourth-order valence-electron chi connectivity index (χ4n) is 1.70. The predicted molar refractivity (Wildman–Crippen MR) is 74.6 cm³/mol. The molecule has 1 heterocycles. The molecule has 0 aliphatic heterocycles. The lowest BCUT2D eigenvalue weighted by Gasteiger charge is -2.21. The van der Waals surface area contributed by atoms with Gasteiger partial charge in [-0.15, -0.1) is 0 Å². The average Bonchev–Trinajstić information content (AvgIpc) is 2.49. The molecule has 0 unspecified atom stereocenters. The van der Waals surface area contributed by atoms with E-state index >= 15 is 0 Å². The summed E-state index contributed by atoms with van der Waals surface area (Å²) >= 11 is 0. The van der Waals surface area contributed by atoms with Gasteiger partial charge in [0.05, 0.1) is 31.6 Å². The van der Waals surface area contributed by atoms with Crippen LogP contribution < -0.4 is 0 Å². The Hall–Kier alpha value is -1.50. The van der Waals surface area contributed by atoms with Crippen LogP contribution in [0.15, 0.2) is 18.3 Å². The van der Waals surface area contributed by atoms with Gasteiger partial charge in [0.15, 0.2) is 0 Å². The Bertz CT molecular complexity index is 387. The molecule has 0 aliphatic rings. The van der Waals surface area contributed by atoms with E-state index in [0.717, 1.165) is 18.8 Å². The Balaban J connectivity index is 2.60. The first-order chi connectivity index (χ1) is 9.71. The zero-order valence-electron chi connectivity index (χ0n) is 12.3. The van der Waals surface area contributed by atoms with Gasteiger partial charge in [0, 0.05) is 40.1 Å². The lowest BCUT2D eigenvalue weighted by Crippen LogP contribution is -2.30. The van der Waals surface area contributed by atoms with Crippen molar-refractivity contribution >= 4 is 5.97 Å². The number of carbonyl (C=O) groups is 1. The highest BCUT2D eigenvalue weighted by Crippen LogP contribution is 2.05. The first-order valence-corrected chi connectivity index (χ1v) is 6.44. The van der Waals surface area contributed by atoms with Gasteiger partial charge in [-0.3, -0.25) is 9.88 Å². The number of hydrogen-bond acceptors (Lipinski definition) is 6. The molecule has 20 heavy (non-hydrogen) atoms. The van der Waals surface area contributed by atoms with Gasteiger partial charge in [-0.1, -0.05) is 0 Å². The van der Waals surface area contributed by atoms with Crippen LogP contribution in [0.3, 0.4) is 0 Å². The molecule has 1 aromatic heterocycles. The lowest BCUT2D eigenvalue weighted by molar-refractivity contribution is 0.0600. The Labute approximate surface area is 119 Å². The fourth-order valence-corrected chi connectivity index (χ4v) is 1.70. The van der Waals surface area contributed by atoms with Crippen LogP contribution in [-0.4, -0.2) is 63.5 Å². The maximum atomic E-state index is 11.3. The summed E-state index contributed by atoms with van der Waals surface area (Å²) < 4.78 is 14.8. The highest BCUT2D eigenvalue weighted by Gasteiger charge is 2.09. The zero-order chi connectivity index (χ0) is 14.8. The Morgan fingerprint density at radius 3 is 2.25 bits per heavy atom. The summed E-state index contributed by atoms with van der Waals surface area (Å²) in [5.41, 5.74) is 1.35. The smallest absolute Gasteiger partial charge is 0.339 e. The molecule has 0 N–H and O–H groups in total. The van der Waals surface area contributed by atoms with Gasteiger partial charge in [-0.25, -0.2) is 4.79 Å². The van der Waals surface area contributed by atoms with E-state index in [-0.39, 0.29) is 5.97 Å². The Morgan fingerprint density at radius 2 is 1.80 bits per heavy atom. The molecule has 0 aliphatic carbocycles. The number of ether oxygens (including phenoxy) is 3. The summed E-state index contributed by atoms with van der Waals surface area (Å²) in [6, 6.07) is 3.55. The first-order valence-electron chi connectivity index (χ1n) is 6.44. The average molecular weight is 282 g/mol. The highest BCUT2D eigenvalue weighted by molar-refractivity contribution is 5.88. The van der Waals surface area contributed by atoms with Gasteiger partial charge in [-0.2, -0.15) is 0 Å². The number of rotatable bonds is 9. The summed E-state index contributed by atoms with van der Waals surface area (Å²) in [6.07, 6.45) is 1.53. The maximum Gasteiger partial charge on any atom is 0.339 e. The molecule has 0 saturated heterocycles. The van der Waals surface area contributed by atoms with Crippen LogP contribution in [0, 0.1) is 0 Å². The van der Waals surface area contributed by atoms with E-state index in [0.29, 0.717) is 25.3 Å². The van der Waals surface area contributed by atoms with Crippen molar-refractivity contribution in [3.63, 3.8) is 0 Å². The third-order valence-corrected chi connectivity index (χ3v) is 2.85. The number of esters is 1. The fraction of sp³-hybridized carbons (Fsp3) is 0.571. The number of methoxy groups -OCH3 is 3. The van der Waals surface area contributed by atoms with E-state index in [1.807, 2.05) is 6.07 Å². The molecule has 0 radical (unpaired) electrons. The Kier molecular flexibility index (Phi) is 7.79. The summed E-state index contributed by atoms with van der Waals surface area (Å²) in [4.78, 5) is 17.8. The standard InChI is InChI=1S/C14H22N2O4/c1-18-8-6-16(7-9-19-2)11-13-5-4-12(10-15-13)14(17)20-3/h4-5,10H,6-9,11H2,1-3H3. The molecular weight excluding hydrogens is 260 g/mol. The first kappa shape index (κ1) is 16.6. The summed E-state index contributed by atoms with van der Waals surface area (Å²) in [5.74, 6) is -0.375. The third-order valence-electron chi connectivity index (χ3n) is 2.85. The van der Waals surface area contributed by atoms with Crippen LogP contribution in [0.1, 0.15) is 16.1 Å². The van der Waals surface area contributed by atoms with Crippen molar-refractivity contribution in [1.29, 1.82) is 0 Å². The molecule has 6 nitrogen and oxygen atoms in total. The number of carbonyl (C=O) groups excluding carboxylic acids is 1. The van der Waals surface area contributed by atoms with Crippen molar-refractivity contribution in [2.24, 2.45) is 0 Å². The van der Waals surface area contributed by atoms with Crippen molar-refractivity contribution in [2.45, 2.75) is 6.54 Å². The second kappa shape index (κ2) is 9.41. The minimum absolute atomic E-state index is 0.375. The van der Waals surface area contributed by atoms with E-state index < -0.39 is 0 Å². The van der Waals surface area contributed by atoms with Crippen LogP contribution in [0.4, 0.5) is 0 Å². The van der Waals surface area contributed by atoms with Gasteiger partial charge in [0.25, 0.3) is 0 Å². The van der Waals surface area contributed by atoms with Crippen LogP contribution in [0.25, 0.3) is 0 Å². The van der Waals surface area contributed by atoms with Crippen molar-refractivity contribution in [3.05, 3.63) is 29.6 Å². The van der Waals surface area contributed by atoms with Gasteiger partial charge >= 0.3 is 5.97 Å². The molecule has 6 heteroatoms. The van der Waals surface area contributed by atoms with Crippen LogP contribution in [0.2, 0.25) is 0 Å². The van der Waals surface area contributed by atoms with Crippen molar-refractivity contribution in [1.82, 2.24) is 9.88 Å². The number of aromatic nitrogens is 1. The van der Waals surface area contributed by atoms with Crippen LogP contribution in [0.5, 0.6) is 0 Å². The second-order valence-corrected chi connectivity index (χ2v) is 4.29. The topological polar surface area (TPSA) is 60.9 Å². The van der Waals surface area contributed by atoms with E-state index in [2.05, 4.69) is 14.6 Å². The molecule has 1 aromatic rings. The number of nitrogens with zero attached hydrogens (tertiary/aromatic N) is 2. The molecule has 0 saturated carbocycles. The highest BCUT2D eigenvalue weighted by atomic mass is 16.5. The van der Waals surface area contributed by atoms with Crippen molar-refractivity contribution < 1.29 is 19.0 Å². The summed E-state index contributed by atoms with van der Waals surface area (Å²) in [5, 5.41) is 0. The van der Waals surface area contributed by atoms with Crippen LogP contribution in [-0.2, 0) is 20.8 Å². The quantitative estimate of drug-likeness (QED) is 0.629. The van der Waals surface area contributed by atoms with E-state index in [4.69, 9.17) is 9.47 Å². The molecular formula is C14H22N2O4. The van der Waals surface area contributed by atoms with Gasteiger partial charge < -0.3 is 14.2 Å². The lowest BCUT2D eigenvalue weighted by atomic mass is 10.2. The largest absolute Gasteiger partial charge is 0.465 e. The molecule has 0 bridgehead atoms. The normalized spacial score (nSPS) is 10.8. The zero-order valence-corrected chi connectivity index (χ0v) is 12.3. The minimum Gasteiger partial charge on any atom is -0.465 e. The van der Waals surface area contributed by atoms with Gasteiger partial charge in [0.2, 0.25) is 0 Å². The predicted octanol–water partition coefficient (Wildman–Crippen LogP) is 0.963. The molecule has 1 rings (SSSR count). The molecule has 0 spiro atoms. The minimum atomic E-state index is -0.375. The number of hydrogen-bond donors (Lipinski definition) is 0. The molecule has 0 fully saturated rings. The summed E-state index contributed by atoms with van der Waals surface area (Å²) in [7, 11) is 4.71. The molecule has 0 aromatic carbocycles. The molecule has 112 valence electrons. The van der Waals surface area contributed by atoms with Crippen molar-refractivity contribution in [2.75, 3.05) is 47.6 Å². The second-order valence-electron chi connectivity index (χ2n) is 4.29. The van der Waals surface area contributed by atoms with E-state index in [1.54, 1.807) is 20.3 Å². The van der Waals surface area contributed by atoms with Crippen molar-refractivity contribution in [3.8, 4) is 0 Å². The van der Waals surface area contributed by atoms with Gasteiger partial charge in [0.1, 0.15) is 0 Å². The third kappa shape index (κ3) is 5.64. The van der Waals surface area contributed by atoms with E-state index in [1.165, 1.54) is 13.3 Å². The molecule has 0 amide bonds. The number of pyridine rings is 1. The Morgan fingerprint density at radius 1 is 1.15 bits per heavy atom. The molecule has 0 atom stereocenters.